The van der Waals surface area contributed by atoms with Gasteiger partial charge >= 0.3 is 0 Å². The second kappa shape index (κ2) is 16.5. The fraction of sp³-hybridized carbons (Fsp3) is 0.0857. The molecule has 0 amide bonds. The summed E-state index contributed by atoms with van der Waals surface area (Å²) in [6.45, 7) is 9.48. The van der Waals surface area contributed by atoms with Gasteiger partial charge in [-0.1, -0.05) is 155 Å². The third-order valence-corrected chi connectivity index (χ3v) is 16.2. The molecule has 2 aliphatic carbocycles. The lowest BCUT2D eigenvalue weighted by Crippen LogP contribution is -2.18. The van der Waals surface area contributed by atoms with Crippen molar-refractivity contribution in [1.82, 2.24) is 4.57 Å². The van der Waals surface area contributed by atoms with Gasteiger partial charge in [-0.15, -0.1) is 0 Å². The van der Waals surface area contributed by atoms with Gasteiger partial charge in [-0.05, 0) is 176 Å². The van der Waals surface area contributed by atoms with E-state index in [1.165, 1.54) is 83.7 Å². The molecule has 0 bridgehead atoms. The number of nitrogens with zero attached hydrogens (tertiary/aromatic N) is 3. The summed E-state index contributed by atoms with van der Waals surface area (Å²) in [4.78, 5) is 4.83. The van der Waals surface area contributed by atoms with Crippen LogP contribution in [0, 0.1) is 5.82 Å². The van der Waals surface area contributed by atoms with Gasteiger partial charge in [0.25, 0.3) is 0 Å². The minimum absolute atomic E-state index is 0.157. The molecule has 1 heterocycles. The van der Waals surface area contributed by atoms with Gasteiger partial charge in [0, 0.05) is 61.1 Å². The van der Waals surface area contributed by atoms with Crippen molar-refractivity contribution in [2.45, 2.75) is 38.5 Å². The number of anilines is 6. The average Bonchev–Trinajstić information content (AvgIpc) is 3.98. The summed E-state index contributed by atoms with van der Waals surface area (Å²) in [5.41, 5.74) is 22.2. The molecule has 0 N–H and O–H groups in total. The molecule has 12 aromatic rings. The number of fused-ring (bicyclic) bond motifs is 10. The SMILES string of the molecule is CC1(C)c2ccccc2-c2ccc(N(c3ccc(N(c4ccccc4)c4cccc5ccccc45)cc3)c3ccc4c(c3)C(C)(C)c3cc(-c5ccc6c(c5)c5ccccc5n6-c5ccc(F)cc5)ccc3-4)cc21. The highest BCUT2D eigenvalue weighted by Gasteiger charge is 2.38. The van der Waals surface area contributed by atoms with Crippen molar-refractivity contribution in [2.24, 2.45) is 0 Å². The smallest absolute Gasteiger partial charge is 0.123 e. The van der Waals surface area contributed by atoms with Gasteiger partial charge in [0.1, 0.15) is 5.82 Å². The van der Waals surface area contributed by atoms with Crippen LogP contribution in [0.2, 0.25) is 0 Å². The number of para-hydroxylation sites is 2. The summed E-state index contributed by atoms with van der Waals surface area (Å²) >= 11 is 0. The zero-order valence-corrected chi connectivity index (χ0v) is 41.8. The minimum Gasteiger partial charge on any atom is -0.310 e. The van der Waals surface area contributed by atoms with E-state index in [1.54, 1.807) is 0 Å². The van der Waals surface area contributed by atoms with Crippen LogP contribution in [0.25, 0.3) is 71.6 Å². The van der Waals surface area contributed by atoms with Crippen molar-refractivity contribution in [3.8, 4) is 39.1 Å². The van der Waals surface area contributed by atoms with Crippen molar-refractivity contribution in [3.05, 3.63) is 271 Å². The second-order valence-corrected chi connectivity index (χ2v) is 21.1. The molecule has 11 aromatic carbocycles. The molecule has 4 heteroatoms. The van der Waals surface area contributed by atoms with E-state index in [-0.39, 0.29) is 16.6 Å². The number of aromatic nitrogens is 1. The van der Waals surface area contributed by atoms with E-state index in [0.717, 1.165) is 56.4 Å². The van der Waals surface area contributed by atoms with Gasteiger partial charge in [0.15, 0.2) is 0 Å². The van der Waals surface area contributed by atoms with Gasteiger partial charge in [0.2, 0.25) is 0 Å². The average molecular weight is 954 g/mol. The Morgan fingerprint density at radius 3 is 1.57 bits per heavy atom. The fourth-order valence-corrected chi connectivity index (χ4v) is 12.5. The van der Waals surface area contributed by atoms with Gasteiger partial charge < -0.3 is 14.4 Å². The maximum Gasteiger partial charge on any atom is 0.123 e. The van der Waals surface area contributed by atoms with Crippen molar-refractivity contribution >= 4 is 66.7 Å². The van der Waals surface area contributed by atoms with Crippen molar-refractivity contribution in [3.63, 3.8) is 0 Å². The molecule has 0 unspecified atom stereocenters. The van der Waals surface area contributed by atoms with Crippen LogP contribution in [-0.4, -0.2) is 4.57 Å². The van der Waals surface area contributed by atoms with E-state index in [1.807, 2.05) is 12.1 Å². The maximum atomic E-state index is 14.1. The molecule has 0 saturated carbocycles. The van der Waals surface area contributed by atoms with Crippen LogP contribution in [0.4, 0.5) is 38.5 Å². The fourth-order valence-electron chi connectivity index (χ4n) is 12.5. The lowest BCUT2D eigenvalue weighted by molar-refractivity contribution is 0.627. The van der Waals surface area contributed by atoms with Crippen LogP contribution >= 0.6 is 0 Å². The van der Waals surface area contributed by atoms with E-state index >= 15 is 0 Å². The van der Waals surface area contributed by atoms with Crippen LogP contribution in [0.15, 0.2) is 243 Å². The first-order chi connectivity index (χ1) is 36.1. The molecule has 14 rings (SSSR count). The molecule has 354 valence electrons. The first-order valence-electron chi connectivity index (χ1n) is 25.7. The highest BCUT2D eigenvalue weighted by Crippen LogP contribution is 2.54. The molecule has 3 nitrogen and oxygen atoms in total. The van der Waals surface area contributed by atoms with Gasteiger partial charge in [0.05, 0.1) is 16.7 Å². The van der Waals surface area contributed by atoms with E-state index in [0.29, 0.717) is 0 Å². The molecule has 0 aliphatic heterocycles. The Morgan fingerprint density at radius 1 is 0.338 bits per heavy atom. The van der Waals surface area contributed by atoms with Gasteiger partial charge in [-0.25, -0.2) is 4.39 Å². The van der Waals surface area contributed by atoms with Crippen LogP contribution in [0.5, 0.6) is 0 Å². The van der Waals surface area contributed by atoms with Crippen molar-refractivity contribution in [1.29, 1.82) is 0 Å². The van der Waals surface area contributed by atoms with Crippen LogP contribution < -0.4 is 9.80 Å². The first-order valence-corrected chi connectivity index (χ1v) is 25.7. The first kappa shape index (κ1) is 43.8. The van der Waals surface area contributed by atoms with Crippen LogP contribution in [-0.2, 0) is 10.8 Å². The largest absolute Gasteiger partial charge is 0.310 e. The normalized spacial score (nSPS) is 13.7. The number of rotatable bonds is 8. The monoisotopic (exact) mass is 953 g/mol. The number of hydrogen-bond donors (Lipinski definition) is 0. The van der Waals surface area contributed by atoms with Crippen LogP contribution in [0.3, 0.4) is 0 Å². The third-order valence-electron chi connectivity index (χ3n) is 16.2. The van der Waals surface area contributed by atoms with Crippen LogP contribution in [0.1, 0.15) is 49.9 Å². The topological polar surface area (TPSA) is 11.4 Å². The minimum atomic E-state index is -0.287. The molecule has 0 saturated heterocycles. The molecule has 2 aliphatic rings. The summed E-state index contributed by atoms with van der Waals surface area (Å²) in [6, 6.07) is 87.2. The summed E-state index contributed by atoms with van der Waals surface area (Å²) in [7, 11) is 0. The van der Waals surface area contributed by atoms with Gasteiger partial charge in [-0.3, -0.25) is 0 Å². The highest BCUT2D eigenvalue weighted by molar-refractivity contribution is 6.10. The number of halogens is 1. The Morgan fingerprint density at radius 2 is 0.838 bits per heavy atom. The third kappa shape index (κ3) is 6.71. The molecule has 1 aromatic heterocycles. The quantitative estimate of drug-likeness (QED) is 0.150. The molecular weight excluding hydrogens is 902 g/mol. The molecule has 0 atom stereocenters. The second-order valence-electron chi connectivity index (χ2n) is 21.1. The summed E-state index contributed by atoms with van der Waals surface area (Å²) < 4.78 is 16.3. The molecule has 0 spiro atoms. The molecule has 74 heavy (non-hydrogen) atoms. The van der Waals surface area contributed by atoms with Gasteiger partial charge in [-0.2, -0.15) is 0 Å². The van der Waals surface area contributed by atoms with E-state index in [9.17, 15) is 4.39 Å². The predicted octanol–water partition coefficient (Wildman–Crippen LogP) is 19.3. The van der Waals surface area contributed by atoms with Crippen molar-refractivity contribution in [2.75, 3.05) is 9.80 Å². The summed E-state index contributed by atoms with van der Waals surface area (Å²) in [5.74, 6) is -0.240. The van der Waals surface area contributed by atoms with Crippen molar-refractivity contribution < 1.29 is 4.39 Å². The summed E-state index contributed by atoms with van der Waals surface area (Å²) in [6.07, 6.45) is 0. The van der Waals surface area contributed by atoms with E-state index < -0.39 is 0 Å². The predicted molar refractivity (Wildman–Crippen MR) is 308 cm³/mol. The lowest BCUT2D eigenvalue weighted by atomic mass is 9.81. The molecule has 0 radical (unpaired) electrons. The Bertz CT molecular complexity index is 4200. The Hall–Kier alpha value is -8.99. The number of benzene rings is 11. The Balaban J connectivity index is 0.875. The Labute approximate surface area is 431 Å². The number of hydrogen-bond acceptors (Lipinski definition) is 2. The molecular formula is C70H52FN3. The summed E-state index contributed by atoms with van der Waals surface area (Å²) in [5, 5.41) is 4.75. The molecule has 0 fully saturated rings. The maximum absolute atomic E-state index is 14.1. The zero-order chi connectivity index (χ0) is 49.9. The zero-order valence-electron chi connectivity index (χ0n) is 41.8. The van der Waals surface area contributed by atoms with E-state index in [4.69, 9.17) is 0 Å². The highest BCUT2D eigenvalue weighted by atomic mass is 19.1. The lowest BCUT2D eigenvalue weighted by Gasteiger charge is -2.31. The van der Waals surface area contributed by atoms with E-state index in [2.05, 4.69) is 260 Å². The Kier molecular flexibility index (Phi) is 9.77. The standard InChI is InChI=1S/C70H52FN3/c1-69(2)62-22-12-10-20-56(62)58-38-35-53(43-64(58)69)72(50-31-33-51(34-32-50)73(49-17-6-5-7-18-49)66-24-14-16-45-15-8-9-19-55(45)66)54-36-39-59-57-37-25-47(42-63(57)70(3,4)65(59)44-54)46-26-40-68-61(41-46)60-21-11-13-23-67(60)74(68)52-29-27-48(71)28-30-52/h5-44H,1-4H3.